The number of rotatable bonds is 5. The summed E-state index contributed by atoms with van der Waals surface area (Å²) < 4.78 is 7.41. The molecule has 26 heavy (non-hydrogen) atoms. The van der Waals surface area contributed by atoms with E-state index >= 15 is 0 Å². The molecule has 1 unspecified atom stereocenters. The molecular formula is C20H29N5O. The molecule has 2 aromatic rings. The highest BCUT2D eigenvalue weighted by atomic mass is 16.5. The van der Waals surface area contributed by atoms with E-state index in [1.54, 1.807) is 0 Å². The Hall–Kier alpha value is -1.76. The lowest BCUT2D eigenvalue weighted by atomic mass is 9.96. The van der Waals surface area contributed by atoms with Crippen LogP contribution >= 0.6 is 0 Å². The van der Waals surface area contributed by atoms with Gasteiger partial charge in [0.2, 0.25) is 0 Å². The summed E-state index contributed by atoms with van der Waals surface area (Å²) >= 11 is 0. The normalized spacial score (nSPS) is 22.6. The van der Waals surface area contributed by atoms with Crippen molar-refractivity contribution in [2.45, 2.75) is 19.4 Å². The molecule has 0 aliphatic carbocycles. The summed E-state index contributed by atoms with van der Waals surface area (Å²) in [5, 5.41) is 4.70. The predicted octanol–water partition coefficient (Wildman–Crippen LogP) is 2.03. The van der Waals surface area contributed by atoms with Crippen LogP contribution in [0.2, 0.25) is 0 Å². The quantitative estimate of drug-likeness (QED) is 0.821. The Balaban J connectivity index is 1.41. The van der Waals surface area contributed by atoms with E-state index in [0.29, 0.717) is 0 Å². The van der Waals surface area contributed by atoms with E-state index in [1.165, 1.54) is 38.0 Å². The minimum absolute atomic E-state index is 0.767. The number of morpholine rings is 1. The van der Waals surface area contributed by atoms with Gasteiger partial charge in [-0.05, 0) is 37.4 Å². The second-order valence-corrected chi connectivity index (χ2v) is 7.57. The number of nitrogens with zero attached hydrogens (tertiary/aromatic N) is 5. The van der Waals surface area contributed by atoms with Gasteiger partial charge in [-0.2, -0.15) is 5.10 Å². The van der Waals surface area contributed by atoms with Gasteiger partial charge in [0.25, 0.3) is 0 Å². The van der Waals surface area contributed by atoms with Gasteiger partial charge >= 0.3 is 0 Å². The molecule has 1 atom stereocenters. The maximum atomic E-state index is 5.48. The first kappa shape index (κ1) is 17.6. The molecule has 6 nitrogen and oxygen atoms in total. The fourth-order valence-corrected chi connectivity index (χ4v) is 4.24. The van der Waals surface area contributed by atoms with Crippen molar-refractivity contribution in [3.63, 3.8) is 0 Å². The molecule has 2 fully saturated rings. The molecule has 2 aromatic heterocycles. The summed E-state index contributed by atoms with van der Waals surface area (Å²) in [5.74, 6) is 0.767. The van der Waals surface area contributed by atoms with Crippen LogP contribution in [0.4, 0.5) is 0 Å². The van der Waals surface area contributed by atoms with Crippen LogP contribution in [0.5, 0.6) is 0 Å². The van der Waals surface area contributed by atoms with Crippen molar-refractivity contribution in [3.05, 3.63) is 36.3 Å². The number of pyridine rings is 1. The van der Waals surface area contributed by atoms with Crippen LogP contribution in [-0.4, -0.2) is 70.5 Å². The van der Waals surface area contributed by atoms with Crippen LogP contribution in [0.1, 0.15) is 18.4 Å². The Morgan fingerprint density at radius 2 is 1.92 bits per heavy atom. The summed E-state index contributed by atoms with van der Waals surface area (Å²) in [4.78, 5) is 9.31. The fraction of sp³-hybridized carbons (Fsp3) is 0.600. The number of aromatic nitrogens is 3. The van der Waals surface area contributed by atoms with Crippen LogP contribution < -0.4 is 0 Å². The molecular weight excluding hydrogens is 326 g/mol. The van der Waals surface area contributed by atoms with Crippen molar-refractivity contribution in [3.8, 4) is 11.3 Å². The van der Waals surface area contributed by atoms with Gasteiger partial charge in [0.1, 0.15) is 0 Å². The Labute approximate surface area is 155 Å². The van der Waals surface area contributed by atoms with Crippen LogP contribution in [0, 0.1) is 5.92 Å². The number of hydrogen-bond acceptors (Lipinski definition) is 5. The van der Waals surface area contributed by atoms with Gasteiger partial charge in [-0.25, -0.2) is 0 Å². The average Bonchev–Trinajstić information content (AvgIpc) is 3.04. The van der Waals surface area contributed by atoms with Gasteiger partial charge < -0.3 is 4.74 Å². The zero-order valence-electron chi connectivity index (χ0n) is 15.7. The van der Waals surface area contributed by atoms with E-state index in [1.807, 2.05) is 36.3 Å². The molecule has 6 heteroatoms. The molecule has 0 spiro atoms. The fourth-order valence-electron chi connectivity index (χ4n) is 4.24. The van der Waals surface area contributed by atoms with Crippen molar-refractivity contribution in [1.29, 1.82) is 0 Å². The largest absolute Gasteiger partial charge is 0.379 e. The average molecular weight is 355 g/mol. The van der Waals surface area contributed by atoms with E-state index in [4.69, 9.17) is 9.84 Å². The predicted molar refractivity (Wildman–Crippen MR) is 102 cm³/mol. The molecule has 2 aliphatic heterocycles. The smallest absolute Gasteiger partial charge is 0.0969 e. The Bertz CT molecular complexity index is 695. The topological polar surface area (TPSA) is 46.4 Å². The highest BCUT2D eigenvalue weighted by Crippen LogP contribution is 2.25. The molecule has 4 heterocycles. The second-order valence-electron chi connectivity index (χ2n) is 7.57. The number of hydrogen-bond donors (Lipinski definition) is 0. The third-order valence-corrected chi connectivity index (χ3v) is 5.48. The van der Waals surface area contributed by atoms with Gasteiger partial charge in [0.15, 0.2) is 0 Å². The van der Waals surface area contributed by atoms with Crippen LogP contribution in [0.25, 0.3) is 11.3 Å². The Morgan fingerprint density at radius 3 is 2.73 bits per heavy atom. The summed E-state index contributed by atoms with van der Waals surface area (Å²) in [6.45, 7) is 8.51. The van der Waals surface area contributed by atoms with Gasteiger partial charge in [-0.3, -0.25) is 19.5 Å². The molecule has 2 saturated heterocycles. The molecule has 0 radical (unpaired) electrons. The highest BCUT2D eigenvalue weighted by Gasteiger charge is 2.24. The molecule has 0 N–H and O–H groups in total. The van der Waals surface area contributed by atoms with Crippen LogP contribution in [0.15, 0.2) is 30.7 Å². The number of piperidine rings is 1. The zero-order valence-corrected chi connectivity index (χ0v) is 15.7. The van der Waals surface area contributed by atoms with Crippen molar-refractivity contribution < 1.29 is 4.74 Å². The van der Waals surface area contributed by atoms with E-state index < -0.39 is 0 Å². The van der Waals surface area contributed by atoms with Gasteiger partial charge in [0, 0.05) is 69.5 Å². The van der Waals surface area contributed by atoms with Crippen LogP contribution in [-0.2, 0) is 18.3 Å². The standard InChI is InChI=1S/C20H29N5O/c1-23-15-19(20(22-23)18-4-6-21-7-5-18)16-25-8-2-3-17(14-25)13-24-9-11-26-12-10-24/h4-7,15,17H,2-3,8-14,16H2,1H3. The van der Waals surface area contributed by atoms with Crippen molar-refractivity contribution in [2.24, 2.45) is 13.0 Å². The first-order valence-electron chi connectivity index (χ1n) is 9.73. The lowest BCUT2D eigenvalue weighted by Crippen LogP contribution is -2.44. The van der Waals surface area contributed by atoms with Crippen molar-refractivity contribution in [1.82, 2.24) is 24.6 Å². The third-order valence-electron chi connectivity index (χ3n) is 5.48. The molecule has 2 aliphatic rings. The lowest BCUT2D eigenvalue weighted by Gasteiger charge is -2.36. The minimum atomic E-state index is 0.767. The first-order chi connectivity index (χ1) is 12.8. The molecule has 140 valence electrons. The Morgan fingerprint density at radius 1 is 1.12 bits per heavy atom. The SMILES string of the molecule is Cn1cc(CN2CCCC(CN3CCOCC3)C2)c(-c2ccncc2)n1. The highest BCUT2D eigenvalue weighted by molar-refractivity contribution is 5.61. The summed E-state index contributed by atoms with van der Waals surface area (Å²) in [6.07, 6.45) is 8.49. The van der Waals surface area contributed by atoms with E-state index in [0.717, 1.165) is 50.0 Å². The molecule has 0 bridgehead atoms. The number of aryl methyl sites for hydroxylation is 1. The summed E-state index contributed by atoms with van der Waals surface area (Å²) in [6, 6.07) is 4.09. The summed E-state index contributed by atoms with van der Waals surface area (Å²) in [5.41, 5.74) is 3.55. The molecule has 0 aromatic carbocycles. The van der Waals surface area contributed by atoms with Gasteiger partial charge in [-0.15, -0.1) is 0 Å². The minimum Gasteiger partial charge on any atom is -0.379 e. The first-order valence-corrected chi connectivity index (χ1v) is 9.73. The maximum absolute atomic E-state index is 5.48. The molecule has 4 rings (SSSR count). The van der Waals surface area contributed by atoms with E-state index in [2.05, 4.69) is 21.0 Å². The van der Waals surface area contributed by atoms with Crippen molar-refractivity contribution in [2.75, 3.05) is 45.9 Å². The zero-order chi connectivity index (χ0) is 17.8. The second kappa shape index (κ2) is 8.29. The van der Waals surface area contributed by atoms with E-state index in [9.17, 15) is 0 Å². The third kappa shape index (κ3) is 4.31. The number of ether oxygens (including phenoxy) is 1. The molecule has 0 saturated carbocycles. The van der Waals surface area contributed by atoms with Gasteiger partial charge in [0.05, 0.1) is 18.9 Å². The van der Waals surface area contributed by atoms with Crippen LogP contribution in [0.3, 0.4) is 0 Å². The lowest BCUT2D eigenvalue weighted by molar-refractivity contribution is 0.0224. The maximum Gasteiger partial charge on any atom is 0.0969 e. The molecule has 0 amide bonds. The number of likely N-dealkylation sites (tertiary alicyclic amines) is 1. The van der Waals surface area contributed by atoms with Gasteiger partial charge in [-0.1, -0.05) is 0 Å². The summed E-state index contributed by atoms with van der Waals surface area (Å²) in [7, 11) is 2.01. The van der Waals surface area contributed by atoms with Crippen molar-refractivity contribution >= 4 is 0 Å². The Kier molecular flexibility index (Phi) is 5.62. The van der Waals surface area contributed by atoms with E-state index in [-0.39, 0.29) is 0 Å². The monoisotopic (exact) mass is 355 g/mol.